The number of nitrogens with zero attached hydrogens (tertiary/aromatic N) is 5. The van der Waals surface area contributed by atoms with Crippen molar-refractivity contribution in [1.82, 2.24) is 19.7 Å². The van der Waals surface area contributed by atoms with E-state index in [4.69, 9.17) is 4.74 Å². The van der Waals surface area contributed by atoms with Crippen LogP contribution in [0.4, 0.5) is 5.00 Å². The number of aromatic nitrogens is 3. The first-order valence-electron chi connectivity index (χ1n) is 11.4. The van der Waals surface area contributed by atoms with E-state index >= 15 is 0 Å². The first-order chi connectivity index (χ1) is 15.8. The molecule has 1 saturated heterocycles. The summed E-state index contributed by atoms with van der Waals surface area (Å²) in [6.45, 7) is 10.8. The van der Waals surface area contributed by atoms with Crippen LogP contribution in [0.5, 0.6) is 0 Å². The van der Waals surface area contributed by atoms with Gasteiger partial charge in [0, 0.05) is 25.0 Å². The fraction of sp³-hybridized carbons (Fsp3) is 0.652. The fourth-order valence-corrected chi connectivity index (χ4v) is 6.42. The van der Waals surface area contributed by atoms with Crippen molar-refractivity contribution in [3.8, 4) is 6.07 Å². The van der Waals surface area contributed by atoms with Gasteiger partial charge in [0.15, 0.2) is 5.16 Å². The summed E-state index contributed by atoms with van der Waals surface area (Å²) in [6, 6.07) is 2.34. The average Bonchev–Trinajstić information content (AvgIpc) is 3.31. The predicted molar refractivity (Wildman–Crippen MR) is 130 cm³/mol. The number of anilines is 1. The topological polar surface area (TPSA) is 96.1 Å². The van der Waals surface area contributed by atoms with Crippen LogP contribution in [0.25, 0.3) is 0 Å². The summed E-state index contributed by atoms with van der Waals surface area (Å²) in [6.07, 6.45) is 2.98. The molecule has 4 rings (SSSR count). The van der Waals surface area contributed by atoms with E-state index in [0.29, 0.717) is 21.6 Å². The van der Waals surface area contributed by atoms with Gasteiger partial charge in [-0.05, 0) is 36.2 Å². The highest BCUT2D eigenvalue weighted by Gasteiger charge is 2.32. The van der Waals surface area contributed by atoms with Crippen molar-refractivity contribution >= 4 is 34.0 Å². The van der Waals surface area contributed by atoms with Crippen LogP contribution >= 0.6 is 23.1 Å². The molecule has 10 heteroatoms. The first kappa shape index (κ1) is 24.2. The molecule has 8 nitrogen and oxygen atoms in total. The number of carbonyl (C=O) groups excluding carboxylic acids is 1. The molecule has 0 spiro atoms. The number of rotatable bonds is 6. The van der Waals surface area contributed by atoms with Gasteiger partial charge in [-0.15, -0.1) is 21.5 Å². The van der Waals surface area contributed by atoms with Crippen LogP contribution < -0.4 is 5.32 Å². The molecule has 1 atom stereocenters. The molecule has 1 amide bonds. The van der Waals surface area contributed by atoms with E-state index in [1.54, 1.807) is 11.3 Å². The quantitative estimate of drug-likeness (QED) is 0.622. The molecule has 1 fully saturated rings. The number of nitriles is 1. The zero-order valence-corrected chi connectivity index (χ0v) is 21.4. The van der Waals surface area contributed by atoms with Crippen molar-refractivity contribution < 1.29 is 9.53 Å². The minimum absolute atomic E-state index is 0.125. The first-order valence-corrected chi connectivity index (χ1v) is 13.2. The van der Waals surface area contributed by atoms with E-state index in [-0.39, 0.29) is 17.1 Å². The molecule has 2 aromatic rings. The minimum atomic E-state index is -0.125. The van der Waals surface area contributed by atoms with Crippen LogP contribution in [0.15, 0.2) is 5.16 Å². The molecule has 1 N–H and O–H groups in total. The second-order valence-corrected chi connectivity index (χ2v) is 11.9. The molecule has 0 bridgehead atoms. The third kappa shape index (κ3) is 5.60. The number of hydrogen-bond acceptors (Lipinski definition) is 8. The summed E-state index contributed by atoms with van der Waals surface area (Å²) in [5.74, 6) is 1.57. The molecule has 0 radical (unpaired) electrons. The molecule has 2 aromatic heterocycles. The van der Waals surface area contributed by atoms with Gasteiger partial charge in [0.2, 0.25) is 5.91 Å². The average molecular weight is 489 g/mol. The Bertz CT molecular complexity index is 1040. The van der Waals surface area contributed by atoms with Crippen molar-refractivity contribution in [2.24, 2.45) is 18.4 Å². The van der Waals surface area contributed by atoms with Gasteiger partial charge < -0.3 is 14.6 Å². The minimum Gasteiger partial charge on any atom is -0.379 e. The van der Waals surface area contributed by atoms with Gasteiger partial charge >= 0.3 is 0 Å². The summed E-state index contributed by atoms with van der Waals surface area (Å²) < 4.78 is 7.35. The van der Waals surface area contributed by atoms with Crippen molar-refractivity contribution in [2.45, 2.75) is 51.7 Å². The third-order valence-electron chi connectivity index (χ3n) is 6.58. The van der Waals surface area contributed by atoms with E-state index < -0.39 is 0 Å². The Morgan fingerprint density at radius 3 is 2.79 bits per heavy atom. The highest BCUT2D eigenvalue weighted by molar-refractivity contribution is 7.99. The van der Waals surface area contributed by atoms with Gasteiger partial charge in [-0.25, -0.2) is 0 Å². The van der Waals surface area contributed by atoms with Crippen molar-refractivity contribution in [2.75, 3.05) is 37.4 Å². The lowest BCUT2D eigenvalue weighted by Crippen LogP contribution is -2.36. The lowest BCUT2D eigenvalue weighted by atomic mass is 9.72. The molecule has 33 heavy (non-hydrogen) atoms. The number of amides is 1. The molecule has 178 valence electrons. The Morgan fingerprint density at radius 2 is 2.09 bits per heavy atom. The van der Waals surface area contributed by atoms with Gasteiger partial charge in [-0.2, -0.15) is 5.26 Å². The molecule has 1 aliphatic heterocycles. The number of ether oxygens (including phenoxy) is 1. The number of thioether (sulfide) groups is 1. The fourth-order valence-electron chi connectivity index (χ4n) is 4.39. The lowest BCUT2D eigenvalue weighted by molar-refractivity contribution is -0.113. The summed E-state index contributed by atoms with van der Waals surface area (Å²) in [5, 5.41) is 22.7. The van der Waals surface area contributed by atoms with Crippen LogP contribution in [0, 0.1) is 22.7 Å². The zero-order chi connectivity index (χ0) is 23.6. The molecule has 2 aliphatic rings. The number of thiophene rings is 1. The lowest BCUT2D eigenvalue weighted by Gasteiger charge is -2.33. The molecular weight excluding hydrogens is 456 g/mol. The van der Waals surface area contributed by atoms with Crippen molar-refractivity contribution in [3.63, 3.8) is 0 Å². The molecule has 0 saturated carbocycles. The predicted octanol–water partition coefficient (Wildman–Crippen LogP) is 3.46. The number of fused-ring (bicyclic) bond motifs is 1. The van der Waals surface area contributed by atoms with Gasteiger partial charge in [0.05, 0.1) is 31.1 Å². The Kier molecular flexibility index (Phi) is 7.43. The summed E-state index contributed by atoms with van der Waals surface area (Å²) in [5.41, 5.74) is 2.02. The highest BCUT2D eigenvalue weighted by atomic mass is 32.2. The Morgan fingerprint density at radius 1 is 1.33 bits per heavy atom. The standard InChI is InChI=1S/C23H32N6O2S2/c1-23(2,3)15-5-6-16-17(12-24)21(33-18(16)11-15)25-20(30)14-32-22-27-26-19(28(22)4)13-29-7-9-31-10-8-29/h15H,5-11,13-14H2,1-4H3,(H,25,30). The van der Waals surface area contributed by atoms with Gasteiger partial charge in [0.25, 0.3) is 0 Å². The van der Waals surface area contributed by atoms with Crippen LogP contribution in [-0.4, -0.2) is 57.6 Å². The van der Waals surface area contributed by atoms with Gasteiger partial charge in [-0.1, -0.05) is 32.5 Å². The maximum absolute atomic E-state index is 12.7. The van der Waals surface area contributed by atoms with Crippen LogP contribution in [0.2, 0.25) is 0 Å². The second kappa shape index (κ2) is 10.1. The van der Waals surface area contributed by atoms with E-state index in [0.717, 1.165) is 63.5 Å². The molecule has 1 aliphatic carbocycles. The van der Waals surface area contributed by atoms with Crippen LogP contribution in [-0.2, 0) is 36.0 Å². The van der Waals surface area contributed by atoms with Crippen molar-refractivity contribution in [3.05, 3.63) is 21.8 Å². The third-order valence-corrected chi connectivity index (χ3v) is 8.77. The number of carbonyl (C=O) groups is 1. The maximum Gasteiger partial charge on any atom is 0.235 e. The molecule has 1 unspecified atom stereocenters. The maximum atomic E-state index is 12.7. The van der Waals surface area contributed by atoms with Crippen molar-refractivity contribution in [1.29, 1.82) is 5.26 Å². The van der Waals surface area contributed by atoms with Gasteiger partial charge in [0.1, 0.15) is 16.9 Å². The number of nitrogens with one attached hydrogen (secondary N) is 1. The number of morpholine rings is 1. The molecule has 0 aromatic carbocycles. The molecule has 3 heterocycles. The smallest absolute Gasteiger partial charge is 0.235 e. The summed E-state index contributed by atoms with van der Waals surface area (Å²) in [7, 11) is 1.93. The number of hydrogen-bond donors (Lipinski definition) is 1. The largest absolute Gasteiger partial charge is 0.379 e. The Hall–Kier alpha value is -1.93. The van der Waals surface area contributed by atoms with E-state index in [1.165, 1.54) is 16.6 Å². The highest BCUT2D eigenvalue weighted by Crippen LogP contribution is 2.44. The summed E-state index contributed by atoms with van der Waals surface area (Å²) >= 11 is 2.94. The van der Waals surface area contributed by atoms with Gasteiger partial charge in [-0.3, -0.25) is 9.69 Å². The Labute approximate surface area is 203 Å². The Balaban J connectivity index is 1.36. The SMILES string of the molecule is Cn1c(CN2CCOCC2)nnc1SCC(=O)Nc1sc2c(c1C#N)CCC(C(C)(C)C)C2. The normalized spacial score (nSPS) is 19.2. The zero-order valence-electron chi connectivity index (χ0n) is 19.8. The summed E-state index contributed by atoms with van der Waals surface area (Å²) in [4.78, 5) is 16.3. The van der Waals surface area contributed by atoms with Crippen LogP contribution in [0.3, 0.4) is 0 Å². The molecular formula is C23H32N6O2S2. The van der Waals surface area contributed by atoms with E-state index in [2.05, 4.69) is 47.3 Å². The second-order valence-electron chi connectivity index (χ2n) is 9.81. The monoisotopic (exact) mass is 488 g/mol. The van der Waals surface area contributed by atoms with E-state index in [9.17, 15) is 10.1 Å². The van der Waals surface area contributed by atoms with E-state index in [1.807, 2.05) is 11.6 Å². The van der Waals surface area contributed by atoms with Crippen LogP contribution in [0.1, 0.15) is 49.0 Å².